The first-order valence-corrected chi connectivity index (χ1v) is 31.0. The SMILES string of the molecule is CCCCCCC/C=C\C/C=C\CCCCCCCCCCCCCC(=O)OCC(COC(=O)CCCCCCCCCC)OC(=O)CCCCCCCCCCC/C=C\CCCCCCCCCC. The maximum absolute atomic E-state index is 12.9. The van der Waals surface area contributed by atoms with Gasteiger partial charge in [0.1, 0.15) is 13.2 Å². The van der Waals surface area contributed by atoms with Crippen molar-refractivity contribution in [2.75, 3.05) is 13.2 Å². The van der Waals surface area contributed by atoms with E-state index < -0.39 is 6.10 Å². The first-order chi connectivity index (χ1) is 34.5. The number of esters is 3. The fourth-order valence-electron chi connectivity index (χ4n) is 9.18. The summed E-state index contributed by atoms with van der Waals surface area (Å²) >= 11 is 0. The van der Waals surface area contributed by atoms with E-state index in [0.29, 0.717) is 19.3 Å². The van der Waals surface area contributed by atoms with Crippen LogP contribution in [0.15, 0.2) is 36.5 Å². The van der Waals surface area contributed by atoms with Crippen LogP contribution in [0, 0.1) is 0 Å². The standard InChI is InChI=1S/C64H118O6/c1-4-7-10-13-16-19-21-23-25-27-29-31-32-34-35-37-39-41-43-45-48-51-54-57-63(66)69-60-61(59-68-62(65)56-53-50-47-18-15-12-9-6-3)70-64(67)58-55-52-49-46-44-42-40-38-36-33-30-28-26-24-22-20-17-14-11-8-5-2/h21,23,27-30,61H,4-20,22,24-26,31-60H2,1-3H3/b23-21-,29-27-,30-28-. The Morgan fingerprint density at radius 3 is 0.800 bits per heavy atom. The second kappa shape index (κ2) is 59.2. The van der Waals surface area contributed by atoms with Crippen LogP contribution in [0.5, 0.6) is 0 Å². The lowest BCUT2D eigenvalue weighted by Gasteiger charge is -2.18. The Hall–Kier alpha value is -2.37. The van der Waals surface area contributed by atoms with E-state index in [2.05, 4.69) is 57.2 Å². The number of unbranched alkanes of at least 4 members (excludes halogenated alkanes) is 40. The van der Waals surface area contributed by atoms with Gasteiger partial charge in [0.05, 0.1) is 0 Å². The van der Waals surface area contributed by atoms with Gasteiger partial charge >= 0.3 is 17.9 Å². The first kappa shape index (κ1) is 67.6. The lowest BCUT2D eigenvalue weighted by atomic mass is 10.0. The Morgan fingerprint density at radius 1 is 0.286 bits per heavy atom. The van der Waals surface area contributed by atoms with Gasteiger partial charge in [-0.2, -0.15) is 0 Å². The zero-order valence-electron chi connectivity index (χ0n) is 47.1. The number of allylic oxidation sites excluding steroid dienone is 6. The van der Waals surface area contributed by atoms with E-state index in [1.807, 2.05) is 0 Å². The van der Waals surface area contributed by atoms with E-state index in [1.54, 1.807) is 0 Å². The van der Waals surface area contributed by atoms with Gasteiger partial charge < -0.3 is 14.2 Å². The van der Waals surface area contributed by atoms with Crippen LogP contribution in [0.2, 0.25) is 0 Å². The zero-order valence-corrected chi connectivity index (χ0v) is 47.1. The minimum atomic E-state index is -0.770. The number of carbonyl (C=O) groups excluding carboxylic acids is 3. The van der Waals surface area contributed by atoms with Gasteiger partial charge in [0.15, 0.2) is 6.10 Å². The number of ether oxygens (including phenoxy) is 3. The Morgan fingerprint density at radius 2 is 0.514 bits per heavy atom. The zero-order chi connectivity index (χ0) is 50.7. The summed E-state index contributed by atoms with van der Waals surface area (Å²) in [5.74, 6) is -0.860. The molecule has 0 heterocycles. The molecule has 0 spiro atoms. The summed E-state index contributed by atoms with van der Waals surface area (Å²) in [6, 6.07) is 0. The van der Waals surface area contributed by atoms with Crippen LogP contribution in [-0.4, -0.2) is 37.2 Å². The highest BCUT2D eigenvalue weighted by molar-refractivity contribution is 5.71. The predicted octanol–water partition coefficient (Wildman–Crippen LogP) is 20.8. The highest BCUT2D eigenvalue weighted by atomic mass is 16.6. The quantitative estimate of drug-likeness (QED) is 0.0261. The molecule has 70 heavy (non-hydrogen) atoms. The van der Waals surface area contributed by atoms with Gasteiger partial charge in [-0.3, -0.25) is 14.4 Å². The molecule has 6 nitrogen and oxygen atoms in total. The smallest absolute Gasteiger partial charge is 0.306 e. The van der Waals surface area contributed by atoms with Crippen LogP contribution < -0.4 is 0 Å². The fraction of sp³-hybridized carbons (Fsp3) is 0.859. The summed E-state index contributed by atoms with van der Waals surface area (Å²) in [5.41, 5.74) is 0. The third-order valence-corrected chi connectivity index (χ3v) is 13.9. The van der Waals surface area contributed by atoms with Crippen molar-refractivity contribution in [2.24, 2.45) is 0 Å². The Balaban J connectivity index is 4.17. The molecule has 0 aromatic rings. The minimum absolute atomic E-state index is 0.0702. The molecule has 0 aliphatic rings. The predicted molar refractivity (Wildman–Crippen MR) is 302 cm³/mol. The molecule has 0 rings (SSSR count). The maximum Gasteiger partial charge on any atom is 0.306 e. The van der Waals surface area contributed by atoms with Gasteiger partial charge in [-0.15, -0.1) is 0 Å². The molecule has 1 unspecified atom stereocenters. The largest absolute Gasteiger partial charge is 0.462 e. The minimum Gasteiger partial charge on any atom is -0.462 e. The molecule has 410 valence electrons. The van der Waals surface area contributed by atoms with E-state index >= 15 is 0 Å². The maximum atomic E-state index is 12.9. The molecular weight excluding hydrogens is 865 g/mol. The summed E-state index contributed by atoms with van der Waals surface area (Å²) in [6.07, 6.45) is 71.6. The topological polar surface area (TPSA) is 78.9 Å². The molecule has 0 amide bonds. The van der Waals surface area contributed by atoms with Crippen LogP contribution in [0.4, 0.5) is 0 Å². The lowest BCUT2D eigenvalue weighted by molar-refractivity contribution is -0.167. The van der Waals surface area contributed by atoms with Gasteiger partial charge in [-0.1, -0.05) is 276 Å². The van der Waals surface area contributed by atoms with E-state index in [1.165, 1.54) is 231 Å². The summed E-state index contributed by atoms with van der Waals surface area (Å²) in [6.45, 7) is 6.64. The Bertz CT molecular complexity index is 1170. The molecule has 6 heteroatoms. The molecule has 0 bridgehead atoms. The second-order valence-electron chi connectivity index (χ2n) is 21.0. The normalized spacial score (nSPS) is 12.2. The highest BCUT2D eigenvalue weighted by Crippen LogP contribution is 2.17. The van der Waals surface area contributed by atoms with Crippen molar-refractivity contribution >= 4 is 17.9 Å². The third-order valence-electron chi connectivity index (χ3n) is 13.9. The molecule has 0 radical (unpaired) electrons. The van der Waals surface area contributed by atoms with Crippen LogP contribution in [-0.2, 0) is 28.6 Å². The molecule has 0 aromatic carbocycles. The summed E-state index contributed by atoms with van der Waals surface area (Å²) < 4.78 is 16.9. The number of hydrogen-bond donors (Lipinski definition) is 0. The Labute approximate surface area is 435 Å². The van der Waals surface area contributed by atoms with Crippen molar-refractivity contribution in [3.05, 3.63) is 36.5 Å². The van der Waals surface area contributed by atoms with Crippen LogP contribution in [0.1, 0.15) is 335 Å². The van der Waals surface area contributed by atoms with E-state index in [0.717, 1.165) is 64.2 Å². The van der Waals surface area contributed by atoms with Crippen LogP contribution >= 0.6 is 0 Å². The molecule has 0 aliphatic heterocycles. The average Bonchev–Trinajstić information content (AvgIpc) is 3.36. The van der Waals surface area contributed by atoms with Crippen molar-refractivity contribution in [3.8, 4) is 0 Å². The van der Waals surface area contributed by atoms with Gasteiger partial charge in [-0.05, 0) is 77.0 Å². The van der Waals surface area contributed by atoms with Crippen LogP contribution in [0.3, 0.4) is 0 Å². The van der Waals surface area contributed by atoms with E-state index in [-0.39, 0.29) is 31.1 Å². The van der Waals surface area contributed by atoms with Crippen molar-refractivity contribution in [1.29, 1.82) is 0 Å². The van der Waals surface area contributed by atoms with Crippen molar-refractivity contribution < 1.29 is 28.6 Å². The number of carbonyl (C=O) groups is 3. The molecule has 0 aliphatic carbocycles. The average molecular weight is 984 g/mol. The molecule has 1 atom stereocenters. The first-order valence-electron chi connectivity index (χ1n) is 31.0. The van der Waals surface area contributed by atoms with Gasteiger partial charge in [-0.25, -0.2) is 0 Å². The van der Waals surface area contributed by atoms with Gasteiger partial charge in [0.25, 0.3) is 0 Å². The fourth-order valence-corrected chi connectivity index (χ4v) is 9.18. The molecular formula is C64H118O6. The lowest BCUT2D eigenvalue weighted by Crippen LogP contribution is -2.30. The number of hydrogen-bond acceptors (Lipinski definition) is 6. The molecule has 0 saturated carbocycles. The monoisotopic (exact) mass is 983 g/mol. The molecule has 0 fully saturated rings. The summed E-state index contributed by atoms with van der Waals surface area (Å²) in [7, 11) is 0. The van der Waals surface area contributed by atoms with Crippen LogP contribution in [0.25, 0.3) is 0 Å². The summed E-state index contributed by atoms with van der Waals surface area (Å²) in [5, 5.41) is 0. The molecule has 0 N–H and O–H groups in total. The van der Waals surface area contributed by atoms with Crippen molar-refractivity contribution in [1.82, 2.24) is 0 Å². The molecule has 0 aromatic heterocycles. The van der Waals surface area contributed by atoms with Gasteiger partial charge in [0, 0.05) is 19.3 Å². The van der Waals surface area contributed by atoms with Crippen molar-refractivity contribution in [3.63, 3.8) is 0 Å². The molecule has 0 saturated heterocycles. The van der Waals surface area contributed by atoms with E-state index in [9.17, 15) is 14.4 Å². The Kier molecular flexibility index (Phi) is 57.2. The van der Waals surface area contributed by atoms with Crippen molar-refractivity contribution in [2.45, 2.75) is 341 Å². The second-order valence-corrected chi connectivity index (χ2v) is 21.0. The van der Waals surface area contributed by atoms with E-state index in [4.69, 9.17) is 14.2 Å². The number of rotatable bonds is 57. The highest BCUT2D eigenvalue weighted by Gasteiger charge is 2.19. The third kappa shape index (κ3) is 56.5. The van der Waals surface area contributed by atoms with Gasteiger partial charge in [0.2, 0.25) is 0 Å². The summed E-state index contributed by atoms with van der Waals surface area (Å²) in [4.78, 5) is 38.1.